The molecule has 0 heterocycles. The maximum atomic E-state index is 9.82. The Morgan fingerprint density at radius 2 is 2.07 bits per heavy atom. The minimum atomic E-state index is -0.0915. The van der Waals surface area contributed by atoms with Gasteiger partial charge in [0.05, 0.1) is 6.10 Å². The third-order valence-corrected chi connectivity index (χ3v) is 4.25. The molecule has 2 nitrogen and oxygen atoms in total. The van der Waals surface area contributed by atoms with Gasteiger partial charge in [0, 0.05) is 11.8 Å². The van der Waals surface area contributed by atoms with Crippen molar-refractivity contribution in [3.63, 3.8) is 0 Å². The molecule has 2 unspecified atom stereocenters. The van der Waals surface area contributed by atoms with Gasteiger partial charge in [0.15, 0.2) is 0 Å². The van der Waals surface area contributed by atoms with Crippen molar-refractivity contribution in [1.29, 1.82) is 0 Å². The topological polar surface area (TPSA) is 46.2 Å². The number of nitrogens with two attached hydrogens (primary N) is 1. The second-order valence-electron chi connectivity index (χ2n) is 4.88. The molecule has 0 aliphatic heterocycles. The van der Waals surface area contributed by atoms with Crippen molar-refractivity contribution in [2.75, 3.05) is 11.5 Å². The van der Waals surface area contributed by atoms with Gasteiger partial charge in [-0.25, -0.2) is 0 Å². The zero-order valence-electron chi connectivity index (χ0n) is 9.82. The lowest BCUT2D eigenvalue weighted by atomic mass is 10.0. The molecule has 0 aromatic carbocycles. The minimum absolute atomic E-state index is 0.0915. The second-order valence-corrected chi connectivity index (χ2v) is 6.03. The van der Waals surface area contributed by atoms with Gasteiger partial charge in [-0.1, -0.05) is 25.7 Å². The Labute approximate surface area is 98.0 Å². The van der Waals surface area contributed by atoms with Crippen LogP contribution in [-0.4, -0.2) is 28.8 Å². The van der Waals surface area contributed by atoms with E-state index >= 15 is 0 Å². The molecular weight excluding hydrogens is 206 g/mol. The van der Waals surface area contributed by atoms with Crippen LogP contribution in [0.4, 0.5) is 0 Å². The van der Waals surface area contributed by atoms with E-state index < -0.39 is 0 Å². The van der Waals surface area contributed by atoms with Crippen LogP contribution in [-0.2, 0) is 0 Å². The van der Waals surface area contributed by atoms with Crippen LogP contribution in [0.15, 0.2) is 0 Å². The van der Waals surface area contributed by atoms with Gasteiger partial charge in [0.1, 0.15) is 0 Å². The lowest BCUT2D eigenvalue weighted by molar-refractivity contribution is 0.166. The molecule has 90 valence electrons. The van der Waals surface area contributed by atoms with Crippen LogP contribution in [0.5, 0.6) is 0 Å². The summed E-state index contributed by atoms with van der Waals surface area (Å²) in [6, 6.07) is 0.296. The number of aliphatic hydroxyl groups excluding tert-OH is 1. The molecule has 0 radical (unpaired) electrons. The van der Waals surface area contributed by atoms with Gasteiger partial charge in [0.25, 0.3) is 0 Å². The van der Waals surface area contributed by atoms with E-state index in [2.05, 4.69) is 0 Å². The Bertz CT molecular complexity index is 158. The SMILES string of the molecule is CC(N)CCSCC(O)CC1CCCC1. The van der Waals surface area contributed by atoms with E-state index in [4.69, 9.17) is 5.73 Å². The summed E-state index contributed by atoms with van der Waals surface area (Å²) in [7, 11) is 0. The highest BCUT2D eigenvalue weighted by Gasteiger charge is 2.18. The summed E-state index contributed by atoms with van der Waals surface area (Å²) in [5.74, 6) is 2.77. The third-order valence-electron chi connectivity index (χ3n) is 3.11. The van der Waals surface area contributed by atoms with Crippen molar-refractivity contribution < 1.29 is 5.11 Å². The zero-order chi connectivity index (χ0) is 11.1. The maximum Gasteiger partial charge on any atom is 0.0633 e. The number of hydrogen-bond donors (Lipinski definition) is 2. The van der Waals surface area contributed by atoms with Gasteiger partial charge in [-0.3, -0.25) is 0 Å². The molecule has 0 spiro atoms. The van der Waals surface area contributed by atoms with Crippen molar-refractivity contribution in [1.82, 2.24) is 0 Å². The molecule has 1 aliphatic carbocycles. The summed E-state index contributed by atoms with van der Waals surface area (Å²) >= 11 is 1.84. The standard InChI is InChI=1S/C12H25NOS/c1-10(13)6-7-15-9-12(14)8-11-4-2-3-5-11/h10-12,14H,2-9,13H2,1H3. The van der Waals surface area contributed by atoms with E-state index in [1.165, 1.54) is 25.7 Å². The Hall–Kier alpha value is 0.270. The summed E-state index contributed by atoms with van der Waals surface area (Å²) < 4.78 is 0. The largest absolute Gasteiger partial charge is 0.392 e. The van der Waals surface area contributed by atoms with Crippen LogP contribution in [0.3, 0.4) is 0 Å². The Morgan fingerprint density at radius 3 is 2.67 bits per heavy atom. The van der Waals surface area contributed by atoms with Crippen LogP contribution in [0.25, 0.3) is 0 Å². The molecule has 0 saturated heterocycles. The van der Waals surface area contributed by atoms with E-state index in [1.807, 2.05) is 18.7 Å². The van der Waals surface area contributed by atoms with E-state index in [9.17, 15) is 5.11 Å². The van der Waals surface area contributed by atoms with Crippen LogP contribution >= 0.6 is 11.8 Å². The summed E-state index contributed by atoms with van der Waals surface area (Å²) in [5, 5.41) is 9.82. The fourth-order valence-electron chi connectivity index (χ4n) is 2.19. The molecule has 3 N–H and O–H groups in total. The highest BCUT2D eigenvalue weighted by atomic mass is 32.2. The normalized spacial score (nSPS) is 21.8. The summed E-state index contributed by atoms with van der Waals surface area (Å²) in [5.41, 5.74) is 5.67. The van der Waals surface area contributed by atoms with Crippen molar-refractivity contribution in [3.05, 3.63) is 0 Å². The number of hydrogen-bond acceptors (Lipinski definition) is 3. The van der Waals surface area contributed by atoms with Gasteiger partial charge >= 0.3 is 0 Å². The van der Waals surface area contributed by atoms with Crippen LogP contribution in [0.1, 0.15) is 45.4 Å². The first-order chi connectivity index (χ1) is 7.18. The molecule has 15 heavy (non-hydrogen) atoms. The van der Waals surface area contributed by atoms with E-state index in [0.717, 1.165) is 30.3 Å². The molecule has 2 atom stereocenters. The van der Waals surface area contributed by atoms with Gasteiger partial charge < -0.3 is 10.8 Å². The minimum Gasteiger partial charge on any atom is -0.392 e. The van der Waals surface area contributed by atoms with Crippen molar-refractivity contribution in [3.8, 4) is 0 Å². The van der Waals surface area contributed by atoms with Crippen molar-refractivity contribution in [2.24, 2.45) is 11.7 Å². The lowest BCUT2D eigenvalue weighted by Gasteiger charge is -2.15. The molecule has 0 aromatic rings. The Balaban J connectivity index is 1.95. The average Bonchev–Trinajstić information content (AvgIpc) is 2.64. The molecule has 3 heteroatoms. The average molecular weight is 231 g/mol. The molecule has 0 aromatic heterocycles. The fourth-order valence-corrected chi connectivity index (χ4v) is 3.30. The first kappa shape index (κ1) is 13.3. The molecule has 0 amide bonds. The zero-order valence-corrected chi connectivity index (χ0v) is 10.6. The van der Waals surface area contributed by atoms with Crippen molar-refractivity contribution >= 4 is 11.8 Å². The maximum absolute atomic E-state index is 9.82. The second kappa shape index (κ2) is 7.53. The highest BCUT2D eigenvalue weighted by molar-refractivity contribution is 7.99. The van der Waals surface area contributed by atoms with Crippen LogP contribution < -0.4 is 5.73 Å². The molecule has 1 fully saturated rings. The lowest BCUT2D eigenvalue weighted by Crippen LogP contribution is -2.17. The predicted molar refractivity (Wildman–Crippen MR) is 68.2 cm³/mol. The highest BCUT2D eigenvalue weighted by Crippen LogP contribution is 2.29. The molecule has 1 saturated carbocycles. The van der Waals surface area contributed by atoms with Gasteiger partial charge in [-0.15, -0.1) is 0 Å². The van der Waals surface area contributed by atoms with Gasteiger partial charge in [-0.05, 0) is 31.4 Å². The van der Waals surface area contributed by atoms with E-state index in [1.54, 1.807) is 0 Å². The number of aliphatic hydroxyl groups is 1. The third kappa shape index (κ3) is 6.44. The van der Waals surface area contributed by atoms with Gasteiger partial charge in [0.2, 0.25) is 0 Å². The van der Waals surface area contributed by atoms with Crippen LogP contribution in [0.2, 0.25) is 0 Å². The number of thioether (sulfide) groups is 1. The monoisotopic (exact) mass is 231 g/mol. The first-order valence-electron chi connectivity index (χ1n) is 6.20. The predicted octanol–water partition coefficient (Wildman–Crippen LogP) is 2.40. The molecule has 1 rings (SSSR count). The summed E-state index contributed by atoms with van der Waals surface area (Å²) in [6.07, 6.45) is 7.39. The quantitative estimate of drug-likeness (QED) is 0.661. The van der Waals surface area contributed by atoms with Crippen LogP contribution in [0, 0.1) is 5.92 Å². The molecule has 0 bridgehead atoms. The van der Waals surface area contributed by atoms with E-state index in [0.29, 0.717) is 6.04 Å². The Kier molecular flexibility index (Phi) is 6.69. The van der Waals surface area contributed by atoms with Crippen molar-refractivity contribution in [2.45, 2.75) is 57.6 Å². The summed E-state index contributed by atoms with van der Waals surface area (Å²) in [4.78, 5) is 0. The summed E-state index contributed by atoms with van der Waals surface area (Å²) in [6.45, 7) is 2.04. The van der Waals surface area contributed by atoms with E-state index in [-0.39, 0.29) is 6.10 Å². The van der Waals surface area contributed by atoms with Gasteiger partial charge in [-0.2, -0.15) is 11.8 Å². The molecule has 1 aliphatic rings. The smallest absolute Gasteiger partial charge is 0.0633 e. The Morgan fingerprint density at radius 1 is 1.40 bits per heavy atom. The number of rotatable bonds is 7. The molecular formula is C12H25NOS. The fraction of sp³-hybridized carbons (Fsp3) is 1.00. The first-order valence-corrected chi connectivity index (χ1v) is 7.35.